The van der Waals surface area contributed by atoms with Gasteiger partial charge in [-0.25, -0.2) is 4.79 Å². The Morgan fingerprint density at radius 1 is 0.962 bits per heavy atom. The molecule has 0 aliphatic heterocycles. The number of carbonyl (C=O) groups is 3. The summed E-state index contributed by atoms with van der Waals surface area (Å²) in [7, 11) is 1.48. The Bertz CT molecular complexity index is 855. The Hall–Kier alpha value is -2.57. The van der Waals surface area contributed by atoms with E-state index < -0.39 is 11.9 Å². The van der Waals surface area contributed by atoms with Crippen LogP contribution in [0.1, 0.15) is 17.3 Å². The van der Waals surface area contributed by atoms with Crippen LogP contribution >= 0.6 is 23.2 Å². The van der Waals surface area contributed by atoms with Crippen molar-refractivity contribution in [1.29, 1.82) is 0 Å². The van der Waals surface area contributed by atoms with Crippen molar-refractivity contribution in [2.24, 2.45) is 0 Å². The van der Waals surface area contributed by atoms with Gasteiger partial charge in [-0.05, 0) is 37.3 Å². The van der Waals surface area contributed by atoms with E-state index in [1.54, 1.807) is 36.4 Å². The summed E-state index contributed by atoms with van der Waals surface area (Å²) < 4.78 is 0. The first-order valence-corrected chi connectivity index (χ1v) is 8.40. The molecule has 0 unspecified atom stereocenters. The molecule has 2 aromatic rings. The molecule has 0 spiro atoms. The van der Waals surface area contributed by atoms with Gasteiger partial charge >= 0.3 is 6.03 Å². The summed E-state index contributed by atoms with van der Waals surface area (Å²) in [6, 6.07) is 10.8. The second-order valence-corrected chi connectivity index (χ2v) is 6.41. The quantitative estimate of drug-likeness (QED) is 0.743. The molecule has 2 N–H and O–H groups in total. The van der Waals surface area contributed by atoms with E-state index in [-0.39, 0.29) is 12.3 Å². The van der Waals surface area contributed by atoms with E-state index in [1.165, 1.54) is 24.9 Å². The molecular formula is C18H17Cl2N3O3. The van der Waals surface area contributed by atoms with Gasteiger partial charge in [-0.2, -0.15) is 0 Å². The molecule has 0 fully saturated rings. The van der Waals surface area contributed by atoms with Gasteiger partial charge in [-0.3, -0.25) is 9.59 Å². The van der Waals surface area contributed by atoms with Gasteiger partial charge in [-0.1, -0.05) is 35.3 Å². The van der Waals surface area contributed by atoms with Gasteiger partial charge in [0.15, 0.2) is 5.78 Å². The van der Waals surface area contributed by atoms with Gasteiger partial charge in [0.05, 0.1) is 10.0 Å². The van der Waals surface area contributed by atoms with Crippen molar-refractivity contribution in [3.05, 3.63) is 58.1 Å². The van der Waals surface area contributed by atoms with Crippen molar-refractivity contribution in [1.82, 2.24) is 4.90 Å². The third kappa shape index (κ3) is 5.47. The van der Waals surface area contributed by atoms with Crippen LogP contribution in [0.5, 0.6) is 0 Å². The molecular weight excluding hydrogens is 377 g/mol. The molecule has 0 aliphatic rings. The van der Waals surface area contributed by atoms with Gasteiger partial charge < -0.3 is 15.5 Å². The second kappa shape index (κ2) is 8.69. The smallest absolute Gasteiger partial charge is 0.322 e. The van der Waals surface area contributed by atoms with Gasteiger partial charge in [0.1, 0.15) is 6.54 Å². The number of hydrogen-bond acceptors (Lipinski definition) is 3. The summed E-state index contributed by atoms with van der Waals surface area (Å²) in [5, 5.41) is 5.98. The number of rotatable bonds is 5. The summed E-state index contributed by atoms with van der Waals surface area (Å²) >= 11 is 11.7. The van der Waals surface area contributed by atoms with E-state index in [0.717, 1.165) is 0 Å². The zero-order valence-corrected chi connectivity index (χ0v) is 15.7. The molecule has 8 heteroatoms. The summed E-state index contributed by atoms with van der Waals surface area (Å²) in [4.78, 5) is 36.9. The molecule has 0 saturated heterocycles. The highest BCUT2D eigenvalue weighted by Crippen LogP contribution is 2.24. The molecule has 0 heterocycles. The van der Waals surface area contributed by atoms with Crippen LogP contribution in [0.2, 0.25) is 10.0 Å². The first-order chi connectivity index (χ1) is 12.3. The fraction of sp³-hybridized carbons (Fsp3) is 0.167. The van der Waals surface area contributed by atoms with Crippen LogP contribution in [-0.4, -0.2) is 36.2 Å². The first kappa shape index (κ1) is 19.8. The Morgan fingerprint density at radius 2 is 1.65 bits per heavy atom. The number of Topliss-reactive ketones (excluding diaryl/α,β-unsaturated/α-hetero) is 1. The van der Waals surface area contributed by atoms with E-state index in [2.05, 4.69) is 10.6 Å². The molecule has 0 radical (unpaired) electrons. The first-order valence-electron chi connectivity index (χ1n) is 7.64. The maximum Gasteiger partial charge on any atom is 0.322 e. The Morgan fingerprint density at radius 3 is 2.31 bits per heavy atom. The third-order valence-corrected chi connectivity index (χ3v) is 4.19. The third-order valence-electron chi connectivity index (χ3n) is 3.45. The van der Waals surface area contributed by atoms with E-state index in [9.17, 15) is 14.4 Å². The molecule has 0 atom stereocenters. The number of hydrogen-bond donors (Lipinski definition) is 2. The van der Waals surface area contributed by atoms with Gasteiger partial charge in [-0.15, -0.1) is 0 Å². The predicted molar refractivity (Wildman–Crippen MR) is 103 cm³/mol. The molecule has 2 rings (SSSR count). The minimum atomic E-state index is -0.477. The number of benzene rings is 2. The van der Waals surface area contributed by atoms with Gasteiger partial charge in [0.25, 0.3) is 0 Å². The van der Waals surface area contributed by atoms with Crippen molar-refractivity contribution in [2.75, 3.05) is 24.2 Å². The maximum absolute atomic E-state index is 12.2. The minimum Gasteiger partial charge on any atom is -0.324 e. The summed E-state index contributed by atoms with van der Waals surface area (Å²) in [6.07, 6.45) is 0. The molecule has 26 heavy (non-hydrogen) atoms. The Balaban J connectivity index is 1.93. The van der Waals surface area contributed by atoms with E-state index in [0.29, 0.717) is 27.0 Å². The van der Waals surface area contributed by atoms with Crippen molar-refractivity contribution >= 4 is 52.3 Å². The predicted octanol–water partition coefficient (Wildman–Crippen LogP) is 4.30. The van der Waals surface area contributed by atoms with Crippen molar-refractivity contribution in [3.63, 3.8) is 0 Å². The average Bonchev–Trinajstić information content (AvgIpc) is 2.58. The zero-order valence-electron chi connectivity index (χ0n) is 14.2. The molecule has 0 aromatic heterocycles. The van der Waals surface area contributed by atoms with Crippen molar-refractivity contribution in [2.45, 2.75) is 6.92 Å². The lowest BCUT2D eigenvalue weighted by atomic mass is 10.1. The van der Waals surface area contributed by atoms with Crippen molar-refractivity contribution in [3.8, 4) is 0 Å². The Labute approximate surface area is 161 Å². The van der Waals surface area contributed by atoms with Gasteiger partial charge in [0, 0.05) is 24.0 Å². The Kier molecular flexibility index (Phi) is 6.60. The molecule has 2 aromatic carbocycles. The lowest BCUT2D eigenvalue weighted by Gasteiger charge is -2.18. The van der Waals surface area contributed by atoms with Crippen LogP contribution < -0.4 is 10.6 Å². The highest BCUT2D eigenvalue weighted by molar-refractivity contribution is 6.42. The molecule has 0 saturated carbocycles. The van der Waals surface area contributed by atoms with Crippen LogP contribution in [0.15, 0.2) is 42.5 Å². The lowest BCUT2D eigenvalue weighted by Crippen LogP contribution is -2.37. The molecule has 6 nitrogen and oxygen atoms in total. The van der Waals surface area contributed by atoms with E-state index >= 15 is 0 Å². The van der Waals surface area contributed by atoms with Crippen molar-refractivity contribution < 1.29 is 14.4 Å². The molecule has 136 valence electrons. The van der Waals surface area contributed by atoms with Crippen LogP contribution in [0.4, 0.5) is 16.2 Å². The largest absolute Gasteiger partial charge is 0.324 e. The molecule has 0 bridgehead atoms. The fourth-order valence-corrected chi connectivity index (χ4v) is 2.39. The molecule has 3 amide bonds. The van der Waals surface area contributed by atoms with E-state index in [4.69, 9.17) is 23.2 Å². The van der Waals surface area contributed by atoms with Crippen LogP contribution in [-0.2, 0) is 4.79 Å². The second-order valence-electron chi connectivity index (χ2n) is 5.60. The topological polar surface area (TPSA) is 78.5 Å². The number of anilines is 2. The molecule has 0 aliphatic carbocycles. The monoisotopic (exact) mass is 393 g/mol. The lowest BCUT2D eigenvalue weighted by molar-refractivity contribution is -0.116. The van der Waals surface area contributed by atoms with Crippen LogP contribution in [0, 0.1) is 0 Å². The number of nitrogens with zero attached hydrogens (tertiary/aromatic N) is 1. The minimum absolute atomic E-state index is 0.101. The summed E-state index contributed by atoms with van der Waals surface area (Å²) in [6.45, 7) is 1.28. The van der Waals surface area contributed by atoms with Crippen LogP contribution in [0.25, 0.3) is 0 Å². The summed E-state index contributed by atoms with van der Waals surface area (Å²) in [5.74, 6) is -0.492. The standard InChI is InChI=1S/C18H17Cl2N3O3/c1-11(24)12-4-3-5-13(8-12)22-18(26)23(2)10-17(25)21-14-6-7-15(19)16(20)9-14/h3-9H,10H2,1-2H3,(H,21,25)(H,22,26). The van der Waals surface area contributed by atoms with Crippen LogP contribution in [0.3, 0.4) is 0 Å². The van der Waals surface area contributed by atoms with Gasteiger partial charge in [0.2, 0.25) is 5.91 Å². The number of halogens is 2. The number of likely N-dealkylation sites (N-methyl/N-ethyl adjacent to an activating group) is 1. The number of urea groups is 1. The normalized spacial score (nSPS) is 10.2. The zero-order chi connectivity index (χ0) is 19.3. The maximum atomic E-state index is 12.2. The highest BCUT2D eigenvalue weighted by atomic mass is 35.5. The number of nitrogens with one attached hydrogen (secondary N) is 2. The number of carbonyl (C=O) groups excluding carboxylic acids is 3. The fourth-order valence-electron chi connectivity index (χ4n) is 2.10. The average molecular weight is 394 g/mol. The number of ketones is 1. The SMILES string of the molecule is CC(=O)c1cccc(NC(=O)N(C)CC(=O)Nc2ccc(Cl)c(Cl)c2)c1. The van der Waals surface area contributed by atoms with E-state index in [1.807, 2.05) is 0 Å². The highest BCUT2D eigenvalue weighted by Gasteiger charge is 2.14. The number of amides is 3. The summed E-state index contributed by atoms with van der Waals surface area (Å²) in [5.41, 5.74) is 1.44.